The summed E-state index contributed by atoms with van der Waals surface area (Å²) in [4.78, 5) is 21.8. The first-order valence-electron chi connectivity index (χ1n) is 4.14. The van der Waals surface area contributed by atoms with Crippen molar-refractivity contribution in [2.75, 3.05) is 0 Å². The molecule has 0 saturated heterocycles. The van der Waals surface area contributed by atoms with Crippen molar-refractivity contribution < 1.29 is 14.7 Å². The summed E-state index contributed by atoms with van der Waals surface area (Å²) in [5.74, 6) is -1.20. The van der Waals surface area contributed by atoms with Gasteiger partial charge in [-0.05, 0) is 18.9 Å². The van der Waals surface area contributed by atoms with Gasteiger partial charge in [-0.3, -0.25) is 4.79 Å². The molecule has 0 amide bonds. The van der Waals surface area contributed by atoms with Crippen LogP contribution in [0.5, 0.6) is 0 Å². The minimum Gasteiger partial charge on any atom is -0.478 e. The Morgan fingerprint density at radius 3 is 2.77 bits per heavy atom. The van der Waals surface area contributed by atoms with E-state index in [1.165, 1.54) is 0 Å². The zero-order valence-electron chi connectivity index (χ0n) is 7.54. The summed E-state index contributed by atoms with van der Waals surface area (Å²) in [5.41, 5.74) is 0.867. The molecule has 3 heteroatoms. The molecule has 13 heavy (non-hydrogen) atoms. The van der Waals surface area contributed by atoms with Crippen LogP contribution >= 0.6 is 0 Å². The molecule has 3 nitrogen and oxygen atoms in total. The minimum absolute atomic E-state index is 0.0265. The normalized spacial score (nSPS) is 22.4. The molecule has 0 spiro atoms. The summed E-state index contributed by atoms with van der Waals surface area (Å²) in [7, 11) is 0. The Hall–Kier alpha value is -1.38. The van der Waals surface area contributed by atoms with Crippen LogP contribution in [0.4, 0.5) is 0 Å². The number of rotatable bonds is 2. The average molecular weight is 180 g/mol. The number of hydrogen-bond acceptors (Lipinski definition) is 2. The topological polar surface area (TPSA) is 54.4 Å². The zero-order chi connectivity index (χ0) is 10.0. The molecule has 70 valence electrons. The van der Waals surface area contributed by atoms with Crippen molar-refractivity contribution in [1.82, 2.24) is 0 Å². The van der Waals surface area contributed by atoms with Crippen LogP contribution in [0.1, 0.15) is 19.8 Å². The molecule has 0 aromatic carbocycles. The molecular weight excluding hydrogens is 168 g/mol. The van der Waals surface area contributed by atoms with Crippen LogP contribution in [0.3, 0.4) is 0 Å². The predicted molar refractivity (Wildman–Crippen MR) is 48.3 cm³/mol. The molecule has 1 N–H and O–H groups in total. The Labute approximate surface area is 76.8 Å². The van der Waals surface area contributed by atoms with Crippen molar-refractivity contribution in [3.63, 3.8) is 0 Å². The van der Waals surface area contributed by atoms with Gasteiger partial charge in [-0.2, -0.15) is 0 Å². The van der Waals surface area contributed by atoms with E-state index < -0.39 is 5.97 Å². The van der Waals surface area contributed by atoms with Gasteiger partial charge < -0.3 is 5.11 Å². The molecule has 0 fully saturated rings. The molecule has 0 bridgehead atoms. The molecule has 1 aliphatic carbocycles. The van der Waals surface area contributed by atoms with E-state index in [-0.39, 0.29) is 23.7 Å². The minimum atomic E-state index is -1.01. The summed E-state index contributed by atoms with van der Waals surface area (Å²) >= 11 is 0. The number of ketones is 1. The number of aliphatic carboxylic acids is 1. The Balaban J connectivity index is 2.73. The van der Waals surface area contributed by atoms with Gasteiger partial charge in [0.15, 0.2) is 5.78 Å². The second kappa shape index (κ2) is 3.56. The first kappa shape index (κ1) is 9.71. The number of hydrogen-bond donors (Lipinski definition) is 1. The molecule has 0 aromatic rings. The van der Waals surface area contributed by atoms with Gasteiger partial charge in [0, 0.05) is 17.9 Å². The van der Waals surface area contributed by atoms with Crippen molar-refractivity contribution >= 4 is 11.8 Å². The molecule has 0 aromatic heterocycles. The molecule has 0 radical (unpaired) electrons. The van der Waals surface area contributed by atoms with Crippen molar-refractivity contribution in [2.45, 2.75) is 19.8 Å². The third-order valence-electron chi connectivity index (χ3n) is 2.35. The highest BCUT2D eigenvalue weighted by Gasteiger charge is 2.24. The van der Waals surface area contributed by atoms with Gasteiger partial charge >= 0.3 is 5.97 Å². The van der Waals surface area contributed by atoms with Crippen LogP contribution in [0.15, 0.2) is 23.8 Å². The quantitative estimate of drug-likeness (QED) is 0.656. The fourth-order valence-corrected chi connectivity index (χ4v) is 1.34. The third kappa shape index (κ3) is 2.05. The van der Waals surface area contributed by atoms with Crippen LogP contribution in [0.2, 0.25) is 0 Å². The standard InChI is InChI=1S/C10H12O3/c1-6-3-4-8(5-9(6)11)7(2)10(12)13/h3,8H,2,4-5H2,1H3,(H,12,13)/t8-/m0/s1. The highest BCUT2D eigenvalue weighted by atomic mass is 16.4. The number of allylic oxidation sites excluding steroid dienone is 2. The van der Waals surface area contributed by atoms with E-state index in [1.54, 1.807) is 13.0 Å². The number of carbonyl (C=O) groups excluding carboxylic acids is 1. The van der Waals surface area contributed by atoms with Crippen LogP contribution in [-0.4, -0.2) is 16.9 Å². The van der Waals surface area contributed by atoms with Gasteiger partial charge in [0.05, 0.1) is 0 Å². The summed E-state index contributed by atoms with van der Waals surface area (Å²) in [6.45, 7) is 5.21. The summed E-state index contributed by atoms with van der Waals surface area (Å²) < 4.78 is 0. The largest absolute Gasteiger partial charge is 0.478 e. The Bertz CT molecular complexity index is 299. The maximum absolute atomic E-state index is 11.2. The molecule has 1 aliphatic rings. The fraction of sp³-hybridized carbons (Fsp3) is 0.400. The second-order valence-corrected chi connectivity index (χ2v) is 3.28. The highest BCUT2D eigenvalue weighted by Crippen LogP contribution is 2.25. The van der Waals surface area contributed by atoms with Gasteiger partial charge in [0.1, 0.15) is 0 Å². The number of carboxylic acids is 1. The monoisotopic (exact) mass is 180 g/mol. The van der Waals surface area contributed by atoms with E-state index in [1.807, 2.05) is 0 Å². The number of carboxylic acid groups (broad SMARTS) is 1. The second-order valence-electron chi connectivity index (χ2n) is 3.28. The van der Waals surface area contributed by atoms with E-state index >= 15 is 0 Å². The zero-order valence-corrected chi connectivity index (χ0v) is 7.54. The average Bonchev–Trinajstić information content (AvgIpc) is 2.08. The van der Waals surface area contributed by atoms with E-state index in [4.69, 9.17) is 5.11 Å². The molecule has 0 unspecified atom stereocenters. The van der Waals surface area contributed by atoms with E-state index in [9.17, 15) is 9.59 Å². The first-order chi connectivity index (χ1) is 6.02. The van der Waals surface area contributed by atoms with Crippen molar-refractivity contribution in [3.8, 4) is 0 Å². The van der Waals surface area contributed by atoms with Gasteiger partial charge in [0.2, 0.25) is 0 Å². The smallest absolute Gasteiger partial charge is 0.331 e. The predicted octanol–water partition coefficient (Wildman–Crippen LogP) is 1.55. The molecule has 0 saturated carbocycles. The summed E-state index contributed by atoms with van der Waals surface area (Å²) in [6, 6.07) is 0. The van der Waals surface area contributed by atoms with Crippen molar-refractivity contribution in [2.24, 2.45) is 5.92 Å². The molecule has 1 atom stereocenters. The molecule has 0 aliphatic heterocycles. The van der Waals surface area contributed by atoms with Crippen LogP contribution in [0.25, 0.3) is 0 Å². The highest BCUT2D eigenvalue weighted by molar-refractivity contribution is 5.97. The van der Waals surface area contributed by atoms with Crippen molar-refractivity contribution in [1.29, 1.82) is 0 Å². The first-order valence-corrected chi connectivity index (χ1v) is 4.14. The van der Waals surface area contributed by atoms with Crippen molar-refractivity contribution in [3.05, 3.63) is 23.8 Å². The molecule has 0 heterocycles. The fourth-order valence-electron chi connectivity index (χ4n) is 1.34. The lowest BCUT2D eigenvalue weighted by molar-refractivity contribution is -0.133. The maximum Gasteiger partial charge on any atom is 0.331 e. The van der Waals surface area contributed by atoms with E-state index in [0.29, 0.717) is 6.42 Å². The lowest BCUT2D eigenvalue weighted by Crippen LogP contribution is -2.19. The van der Waals surface area contributed by atoms with Gasteiger partial charge in [0.25, 0.3) is 0 Å². The Kier molecular flexibility index (Phi) is 2.66. The number of Topliss-reactive ketones (excluding diaryl/α,β-unsaturated/α-hetero) is 1. The third-order valence-corrected chi connectivity index (χ3v) is 2.35. The van der Waals surface area contributed by atoms with Gasteiger partial charge in [-0.1, -0.05) is 12.7 Å². The lowest BCUT2D eigenvalue weighted by atomic mass is 9.84. The van der Waals surface area contributed by atoms with Crippen LogP contribution in [0, 0.1) is 5.92 Å². The summed E-state index contributed by atoms with van der Waals surface area (Å²) in [5, 5.41) is 8.65. The molecular formula is C10H12O3. The van der Waals surface area contributed by atoms with Gasteiger partial charge in [-0.15, -0.1) is 0 Å². The molecule has 1 rings (SSSR count). The lowest BCUT2D eigenvalue weighted by Gasteiger charge is -2.18. The maximum atomic E-state index is 11.2. The van der Waals surface area contributed by atoms with E-state index in [0.717, 1.165) is 5.57 Å². The van der Waals surface area contributed by atoms with Crippen LogP contribution in [-0.2, 0) is 9.59 Å². The summed E-state index contributed by atoms with van der Waals surface area (Å²) in [6.07, 6.45) is 2.68. The van der Waals surface area contributed by atoms with Crippen LogP contribution < -0.4 is 0 Å². The Morgan fingerprint density at radius 1 is 1.69 bits per heavy atom. The van der Waals surface area contributed by atoms with Gasteiger partial charge in [-0.25, -0.2) is 4.79 Å². The SMILES string of the molecule is C=C(C(=O)O)[C@H]1CC=C(C)C(=O)C1. The van der Waals surface area contributed by atoms with E-state index in [2.05, 4.69) is 6.58 Å². The number of carbonyl (C=O) groups is 2. The Morgan fingerprint density at radius 2 is 2.31 bits per heavy atom.